The minimum Gasteiger partial charge on any atom is -0.477 e. The molecule has 25 heavy (non-hydrogen) atoms. The Balaban J connectivity index is 1.73. The monoisotopic (exact) mass is 364 g/mol. The number of nitrogens with one attached hydrogen (secondary N) is 1. The zero-order valence-electron chi connectivity index (χ0n) is 13.9. The number of hydrogen-bond donors (Lipinski definition) is 2. The number of H-pyrrole nitrogens is 1. The molecular weight excluding hydrogens is 344 g/mol. The second-order valence-corrected chi connectivity index (χ2v) is 6.52. The first-order chi connectivity index (χ1) is 12.2. The van der Waals surface area contributed by atoms with E-state index in [-0.39, 0.29) is 4.91 Å². The predicted octanol–water partition coefficient (Wildman–Crippen LogP) is 2.40. The number of carboxylic acids is 1. The summed E-state index contributed by atoms with van der Waals surface area (Å²) in [5.74, 6) is 0.904. The molecule has 0 aliphatic carbocycles. The lowest BCUT2D eigenvalue weighted by Gasteiger charge is -2.26. The fourth-order valence-electron chi connectivity index (χ4n) is 2.41. The lowest BCUT2D eigenvalue weighted by atomic mass is 10.3. The van der Waals surface area contributed by atoms with Crippen molar-refractivity contribution in [3.05, 3.63) is 28.6 Å². The smallest absolute Gasteiger partial charge is 0.342 e. The van der Waals surface area contributed by atoms with Crippen LogP contribution in [0.2, 0.25) is 0 Å². The van der Waals surface area contributed by atoms with Gasteiger partial charge in [0.15, 0.2) is 5.88 Å². The molecule has 0 spiro atoms. The number of carboxylic acid groups (broad SMARTS) is 1. The highest BCUT2D eigenvalue weighted by atomic mass is 32.2. The summed E-state index contributed by atoms with van der Waals surface area (Å²) >= 11 is 0.998. The van der Waals surface area contributed by atoms with Crippen LogP contribution in [0.3, 0.4) is 0 Å². The van der Waals surface area contributed by atoms with Crippen LogP contribution in [-0.2, 0) is 16.0 Å². The van der Waals surface area contributed by atoms with Crippen molar-refractivity contribution in [1.29, 1.82) is 0 Å². The van der Waals surface area contributed by atoms with Crippen molar-refractivity contribution in [1.82, 2.24) is 15.2 Å². The Bertz CT molecular complexity index is 749. The Labute approximate surface area is 149 Å². The van der Waals surface area contributed by atoms with Gasteiger partial charge < -0.3 is 19.2 Å². The molecule has 1 saturated heterocycles. The maximum Gasteiger partial charge on any atom is 0.342 e. The number of aliphatic carboxylic acids is 1. The van der Waals surface area contributed by atoms with E-state index >= 15 is 0 Å². The van der Waals surface area contributed by atoms with Crippen molar-refractivity contribution < 1.29 is 19.1 Å². The molecule has 1 aliphatic heterocycles. The molecular formula is C16H20N4O4S. The van der Waals surface area contributed by atoms with Crippen LogP contribution >= 0.6 is 11.8 Å². The van der Waals surface area contributed by atoms with Gasteiger partial charge in [-0.05, 0) is 24.2 Å². The van der Waals surface area contributed by atoms with Gasteiger partial charge in [0.1, 0.15) is 16.5 Å². The summed E-state index contributed by atoms with van der Waals surface area (Å²) in [4.78, 5) is 18.0. The summed E-state index contributed by atoms with van der Waals surface area (Å²) in [6.45, 7) is 4.88. The molecule has 3 heterocycles. The molecule has 2 aromatic rings. The largest absolute Gasteiger partial charge is 0.477 e. The number of aryl methyl sites for hydroxylation is 1. The van der Waals surface area contributed by atoms with Crippen LogP contribution in [0.1, 0.15) is 24.9 Å². The summed E-state index contributed by atoms with van der Waals surface area (Å²) < 4.78 is 11.1. The normalized spacial score (nSPS) is 15.6. The van der Waals surface area contributed by atoms with Crippen molar-refractivity contribution in [3.63, 3.8) is 0 Å². The zero-order chi connectivity index (χ0) is 17.6. The van der Waals surface area contributed by atoms with E-state index in [1.165, 1.54) is 6.08 Å². The predicted molar refractivity (Wildman–Crippen MR) is 93.6 cm³/mol. The van der Waals surface area contributed by atoms with Crippen LogP contribution in [0.25, 0.3) is 6.08 Å². The average molecular weight is 364 g/mol. The quantitative estimate of drug-likeness (QED) is 0.570. The summed E-state index contributed by atoms with van der Waals surface area (Å²) in [5.41, 5.74) is 0. The first-order valence-corrected chi connectivity index (χ1v) is 8.94. The molecule has 1 aliphatic rings. The van der Waals surface area contributed by atoms with Crippen LogP contribution in [0.15, 0.2) is 26.6 Å². The Morgan fingerprint density at radius 2 is 2.24 bits per heavy atom. The first-order valence-electron chi connectivity index (χ1n) is 8.12. The highest BCUT2D eigenvalue weighted by Crippen LogP contribution is 2.28. The summed E-state index contributed by atoms with van der Waals surface area (Å²) in [5, 5.41) is 16.7. The van der Waals surface area contributed by atoms with Crippen LogP contribution in [0.4, 0.5) is 5.88 Å². The van der Waals surface area contributed by atoms with Gasteiger partial charge in [-0.1, -0.05) is 6.92 Å². The topological polar surface area (TPSA) is 104 Å². The number of ether oxygens (including phenoxy) is 1. The highest BCUT2D eigenvalue weighted by molar-refractivity contribution is 8.04. The fourth-order valence-corrected chi connectivity index (χ4v) is 3.11. The van der Waals surface area contributed by atoms with E-state index in [1.54, 1.807) is 6.07 Å². The summed E-state index contributed by atoms with van der Waals surface area (Å²) in [6, 6.07) is 3.60. The third kappa shape index (κ3) is 4.64. The molecule has 0 atom stereocenters. The number of carbonyl (C=O) groups is 1. The van der Waals surface area contributed by atoms with Gasteiger partial charge in [0.25, 0.3) is 0 Å². The van der Waals surface area contributed by atoms with Crippen molar-refractivity contribution in [2.75, 3.05) is 31.2 Å². The van der Waals surface area contributed by atoms with Crippen molar-refractivity contribution >= 4 is 29.7 Å². The van der Waals surface area contributed by atoms with Crippen molar-refractivity contribution in [3.8, 4) is 0 Å². The Morgan fingerprint density at radius 3 is 2.96 bits per heavy atom. The first kappa shape index (κ1) is 17.6. The second-order valence-electron chi connectivity index (χ2n) is 5.51. The average Bonchev–Trinajstić information content (AvgIpc) is 3.25. The molecule has 0 saturated carbocycles. The lowest BCUT2D eigenvalue weighted by Crippen LogP contribution is -2.35. The molecule has 3 rings (SSSR count). The molecule has 9 heteroatoms. The van der Waals surface area contributed by atoms with Gasteiger partial charge in [-0.25, -0.2) is 9.78 Å². The van der Waals surface area contributed by atoms with Crippen LogP contribution < -0.4 is 4.90 Å². The number of aromatic amines is 1. The molecule has 8 nitrogen and oxygen atoms in total. The molecule has 2 aromatic heterocycles. The minimum atomic E-state index is -1.05. The van der Waals surface area contributed by atoms with E-state index < -0.39 is 5.97 Å². The second kappa shape index (κ2) is 8.21. The SMILES string of the molecule is CCCc1nc(S/C(=C/c2ccc(N3CCOCC3)o2)C(=O)O)n[nH]1. The lowest BCUT2D eigenvalue weighted by molar-refractivity contribution is -0.131. The van der Waals surface area contributed by atoms with E-state index in [2.05, 4.69) is 20.1 Å². The van der Waals surface area contributed by atoms with Crippen molar-refractivity contribution in [2.45, 2.75) is 24.9 Å². The van der Waals surface area contributed by atoms with Crippen LogP contribution in [0.5, 0.6) is 0 Å². The minimum absolute atomic E-state index is 0.102. The molecule has 2 N–H and O–H groups in total. The summed E-state index contributed by atoms with van der Waals surface area (Å²) in [7, 11) is 0. The third-order valence-electron chi connectivity index (χ3n) is 3.62. The molecule has 0 amide bonds. The number of furan rings is 1. The Hall–Kier alpha value is -2.26. The number of morpholine rings is 1. The van der Waals surface area contributed by atoms with Gasteiger partial charge in [0, 0.05) is 31.7 Å². The number of aromatic nitrogens is 3. The highest BCUT2D eigenvalue weighted by Gasteiger charge is 2.17. The fraction of sp³-hybridized carbons (Fsp3) is 0.438. The number of anilines is 1. The van der Waals surface area contributed by atoms with Crippen molar-refractivity contribution in [2.24, 2.45) is 0 Å². The molecule has 1 fully saturated rings. The number of thioether (sulfide) groups is 1. The van der Waals surface area contributed by atoms with E-state index in [4.69, 9.17) is 9.15 Å². The van der Waals surface area contributed by atoms with Gasteiger partial charge >= 0.3 is 5.97 Å². The molecule has 0 aromatic carbocycles. The molecule has 0 unspecified atom stereocenters. The summed E-state index contributed by atoms with van der Waals surface area (Å²) in [6.07, 6.45) is 3.21. The van der Waals surface area contributed by atoms with Gasteiger partial charge in [-0.3, -0.25) is 5.10 Å². The van der Waals surface area contributed by atoms with Gasteiger partial charge in [0.05, 0.1) is 13.2 Å². The van der Waals surface area contributed by atoms with Gasteiger partial charge in [0.2, 0.25) is 5.16 Å². The number of hydrogen-bond acceptors (Lipinski definition) is 7. The van der Waals surface area contributed by atoms with Gasteiger partial charge in [-0.15, -0.1) is 5.10 Å². The maximum atomic E-state index is 11.5. The zero-order valence-corrected chi connectivity index (χ0v) is 14.7. The van der Waals surface area contributed by atoms with Gasteiger partial charge in [-0.2, -0.15) is 0 Å². The van der Waals surface area contributed by atoms with E-state index in [0.717, 1.165) is 43.5 Å². The van der Waals surface area contributed by atoms with E-state index in [1.807, 2.05) is 13.0 Å². The Kier molecular flexibility index (Phi) is 5.77. The molecule has 0 bridgehead atoms. The van der Waals surface area contributed by atoms with E-state index in [9.17, 15) is 9.90 Å². The standard InChI is InChI=1S/C16H20N4O4S/c1-2-3-13-17-16(19-18-13)25-12(15(21)22)10-11-4-5-14(24-11)20-6-8-23-9-7-20/h4-5,10H,2-3,6-9H2,1H3,(H,21,22)(H,17,18,19)/b12-10+. The van der Waals surface area contributed by atoms with Crippen LogP contribution in [-0.4, -0.2) is 52.6 Å². The van der Waals surface area contributed by atoms with E-state index in [0.29, 0.717) is 30.0 Å². The molecule has 0 radical (unpaired) electrons. The number of nitrogens with zero attached hydrogens (tertiary/aromatic N) is 3. The Morgan fingerprint density at radius 1 is 1.44 bits per heavy atom. The van der Waals surface area contributed by atoms with Crippen LogP contribution in [0, 0.1) is 0 Å². The third-order valence-corrected chi connectivity index (χ3v) is 4.50. The molecule has 134 valence electrons. The number of rotatable bonds is 7. The maximum absolute atomic E-state index is 11.5.